The molecule has 1 saturated heterocycles. The van der Waals surface area contributed by atoms with Crippen molar-refractivity contribution >= 4 is 0 Å². The van der Waals surface area contributed by atoms with Crippen LogP contribution >= 0.6 is 0 Å². The summed E-state index contributed by atoms with van der Waals surface area (Å²) in [6, 6.07) is 2.80. The molecule has 17 heavy (non-hydrogen) atoms. The zero-order valence-corrected chi connectivity index (χ0v) is 10.6. The van der Waals surface area contributed by atoms with E-state index in [1.165, 1.54) is 31.5 Å². The van der Waals surface area contributed by atoms with E-state index >= 15 is 0 Å². The van der Waals surface area contributed by atoms with Gasteiger partial charge in [-0.2, -0.15) is 0 Å². The third kappa shape index (κ3) is 4.15. The summed E-state index contributed by atoms with van der Waals surface area (Å²) in [5, 5.41) is 3.62. The maximum absolute atomic E-state index is 5.11. The minimum atomic E-state index is 0.670. The van der Waals surface area contributed by atoms with E-state index < -0.39 is 0 Å². The SMILES string of the molecule is COCCN1CCC(NCc2cc[nH]c2)CC1. The van der Waals surface area contributed by atoms with E-state index in [2.05, 4.69) is 27.5 Å². The summed E-state index contributed by atoms with van der Waals surface area (Å²) < 4.78 is 5.11. The molecule has 2 N–H and O–H groups in total. The first-order valence-corrected chi connectivity index (χ1v) is 6.45. The second-order valence-corrected chi connectivity index (χ2v) is 4.71. The predicted octanol–water partition coefficient (Wildman–Crippen LogP) is 1.22. The molecule has 0 bridgehead atoms. The summed E-state index contributed by atoms with van der Waals surface area (Å²) in [6.07, 6.45) is 6.52. The van der Waals surface area contributed by atoms with Gasteiger partial charge in [-0.3, -0.25) is 0 Å². The molecule has 0 unspecified atom stereocenters. The third-order valence-electron chi connectivity index (χ3n) is 3.46. The smallest absolute Gasteiger partial charge is 0.0589 e. The molecule has 4 nitrogen and oxygen atoms in total. The fourth-order valence-corrected chi connectivity index (χ4v) is 2.31. The van der Waals surface area contributed by atoms with Crippen LogP contribution in [0.5, 0.6) is 0 Å². The number of hydrogen-bond donors (Lipinski definition) is 2. The van der Waals surface area contributed by atoms with Gasteiger partial charge >= 0.3 is 0 Å². The largest absolute Gasteiger partial charge is 0.383 e. The number of aromatic amines is 1. The zero-order valence-electron chi connectivity index (χ0n) is 10.6. The maximum atomic E-state index is 5.11. The number of hydrogen-bond acceptors (Lipinski definition) is 3. The van der Waals surface area contributed by atoms with Crippen LogP contribution in [0.15, 0.2) is 18.5 Å². The molecule has 4 heteroatoms. The highest BCUT2D eigenvalue weighted by atomic mass is 16.5. The maximum Gasteiger partial charge on any atom is 0.0589 e. The van der Waals surface area contributed by atoms with E-state index in [9.17, 15) is 0 Å². The normalized spacial score (nSPS) is 18.6. The molecule has 96 valence electrons. The molecule has 0 aromatic carbocycles. The minimum Gasteiger partial charge on any atom is -0.383 e. The van der Waals surface area contributed by atoms with Crippen LogP contribution in [-0.2, 0) is 11.3 Å². The van der Waals surface area contributed by atoms with Gasteiger partial charge < -0.3 is 19.9 Å². The monoisotopic (exact) mass is 237 g/mol. The average Bonchev–Trinajstić information content (AvgIpc) is 2.88. The Bertz CT molecular complexity index is 292. The fourth-order valence-electron chi connectivity index (χ4n) is 2.31. The first-order valence-electron chi connectivity index (χ1n) is 6.45. The van der Waals surface area contributed by atoms with Crippen molar-refractivity contribution in [1.29, 1.82) is 0 Å². The lowest BCUT2D eigenvalue weighted by Gasteiger charge is -2.32. The van der Waals surface area contributed by atoms with Crippen LogP contribution in [0.2, 0.25) is 0 Å². The Morgan fingerprint density at radius 2 is 2.29 bits per heavy atom. The van der Waals surface area contributed by atoms with Gasteiger partial charge in [0.1, 0.15) is 0 Å². The highest BCUT2D eigenvalue weighted by Crippen LogP contribution is 2.10. The first kappa shape index (κ1) is 12.6. The van der Waals surface area contributed by atoms with Crippen LogP contribution in [0.25, 0.3) is 0 Å². The molecular weight excluding hydrogens is 214 g/mol. The van der Waals surface area contributed by atoms with E-state index in [1.54, 1.807) is 7.11 Å². The van der Waals surface area contributed by atoms with E-state index in [0.717, 1.165) is 19.7 Å². The number of piperidine rings is 1. The molecule has 1 aliphatic rings. The zero-order chi connectivity index (χ0) is 11.9. The molecule has 1 aromatic rings. The molecule has 0 amide bonds. The second kappa shape index (κ2) is 6.79. The lowest BCUT2D eigenvalue weighted by Crippen LogP contribution is -2.43. The molecule has 1 aromatic heterocycles. The van der Waals surface area contributed by atoms with Gasteiger partial charge in [-0.1, -0.05) is 0 Å². The van der Waals surface area contributed by atoms with Crippen molar-refractivity contribution in [3.8, 4) is 0 Å². The van der Waals surface area contributed by atoms with Gasteiger partial charge in [-0.05, 0) is 37.6 Å². The lowest BCUT2D eigenvalue weighted by molar-refractivity contribution is 0.126. The number of likely N-dealkylation sites (tertiary alicyclic amines) is 1. The highest BCUT2D eigenvalue weighted by molar-refractivity contribution is 5.07. The molecule has 0 aliphatic carbocycles. The van der Waals surface area contributed by atoms with Crippen molar-refractivity contribution in [3.05, 3.63) is 24.0 Å². The molecule has 0 spiro atoms. The Balaban J connectivity index is 1.62. The van der Waals surface area contributed by atoms with E-state index in [-0.39, 0.29) is 0 Å². The molecule has 1 fully saturated rings. The van der Waals surface area contributed by atoms with E-state index in [1.807, 2.05) is 6.20 Å². The summed E-state index contributed by atoms with van der Waals surface area (Å²) in [7, 11) is 1.77. The summed E-state index contributed by atoms with van der Waals surface area (Å²) in [6.45, 7) is 5.27. The number of methoxy groups -OCH3 is 1. The van der Waals surface area contributed by atoms with E-state index in [4.69, 9.17) is 4.74 Å². The first-order chi connectivity index (χ1) is 8.38. The standard InChI is InChI=1S/C13H23N3O/c1-17-9-8-16-6-3-13(4-7-16)15-11-12-2-5-14-10-12/h2,5,10,13-15H,3-4,6-9,11H2,1H3. The van der Waals surface area contributed by atoms with Crippen molar-refractivity contribution in [3.63, 3.8) is 0 Å². The van der Waals surface area contributed by atoms with Crippen LogP contribution < -0.4 is 5.32 Å². The molecule has 0 saturated carbocycles. The summed E-state index contributed by atoms with van der Waals surface area (Å²) in [4.78, 5) is 5.57. The Morgan fingerprint density at radius 3 is 2.94 bits per heavy atom. The van der Waals surface area contributed by atoms with Crippen LogP contribution in [0.3, 0.4) is 0 Å². The third-order valence-corrected chi connectivity index (χ3v) is 3.46. The molecule has 2 heterocycles. The van der Waals surface area contributed by atoms with Crippen LogP contribution in [0, 0.1) is 0 Å². The van der Waals surface area contributed by atoms with Gasteiger partial charge in [0, 0.05) is 38.6 Å². The van der Waals surface area contributed by atoms with Gasteiger partial charge in [-0.25, -0.2) is 0 Å². The Morgan fingerprint density at radius 1 is 1.47 bits per heavy atom. The number of ether oxygens (including phenoxy) is 1. The predicted molar refractivity (Wildman–Crippen MR) is 69.0 cm³/mol. The summed E-state index contributed by atoms with van der Waals surface area (Å²) in [5.41, 5.74) is 1.34. The number of nitrogens with zero attached hydrogens (tertiary/aromatic N) is 1. The lowest BCUT2D eigenvalue weighted by atomic mass is 10.0. The van der Waals surface area contributed by atoms with Crippen LogP contribution in [0.1, 0.15) is 18.4 Å². The van der Waals surface area contributed by atoms with Crippen molar-refractivity contribution in [2.75, 3.05) is 33.4 Å². The topological polar surface area (TPSA) is 40.3 Å². The van der Waals surface area contributed by atoms with Crippen LogP contribution in [0.4, 0.5) is 0 Å². The number of aromatic nitrogens is 1. The quantitative estimate of drug-likeness (QED) is 0.781. The Hall–Kier alpha value is -0.840. The second-order valence-electron chi connectivity index (χ2n) is 4.71. The van der Waals surface area contributed by atoms with Gasteiger partial charge in [0.25, 0.3) is 0 Å². The van der Waals surface area contributed by atoms with Crippen LogP contribution in [-0.4, -0.2) is 49.3 Å². The Labute approximate surface area is 103 Å². The van der Waals surface area contributed by atoms with E-state index in [0.29, 0.717) is 6.04 Å². The minimum absolute atomic E-state index is 0.670. The van der Waals surface area contributed by atoms with Crippen molar-refractivity contribution in [2.24, 2.45) is 0 Å². The summed E-state index contributed by atoms with van der Waals surface area (Å²) in [5.74, 6) is 0. The molecular formula is C13H23N3O. The molecule has 0 atom stereocenters. The summed E-state index contributed by atoms with van der Waals surface area (Å²) >= 11 is 0. The van der Waals surface area contributed by atoms with Crippen molar-refractivity contribution in [1.82, 2.24) is 15.2 Å². The Kier molecular flexibility index (Phi) is 5.04. The molecule has 2 rings (SSSR count). The van der Waals surface area contributed by atoms with Gasteiger partial charge in [-0.15, -0.1) is 0 Å². The number of nitrogens with one attached hydrogen (secondary N) is 2. The highest BCUT2D eigenvalue weighted by Gasteiger charge is 2.18. The molecule has 0 radical (unpaired) electrons. The van der Waals surface area contributed by atoms with Gasteiger partial charge in [0.2, 0.25) is 0 Å². The van der Waals surface area contributed by atoms with Crippen molar-refractivity contribution < 1.29 is 4.74 Å². The van der Waals surface area contributed by atoms with Gasteiger partial charge in [0.15, 0.2) is 0 Å². The number of rotatable bonds is 6. The average molecular weight is 237 g/mol. The molecule has 1 aliphatic heterocycles. The van der Waals surface area contributed by atoms with Gasteiger partial charge in [0.05, 0.1) is 6.61 Å². The number of H-pyrrole nitrogens is 1. The van der Waals surface area contributed by atoms with Crippen molar-refractivity contribution in [2.45, 2.75) is 25.4 Å². The fraction of sp³-hybridized carbons (Fsp3) is 0.692.